The molecule has 42 heavy (non-hydrogen) atoms. The van der Waals surface area contributed by atoms with E-state index in [1.165, 1.54) is 71.2 Å². The number of rotatable bonds is 3. The minimum absolute atomic E-state index is 1.16. The normalized spacial score (nSPS) is 11.8. The van der Waals surface area contributed by atoms with Gasteiger partial charge in [-0.15, -0.1) is 0 Å². The molecule has 7 aromatic carbocycles. The molecule has 196 valence electrons. The maximum absolute atomic E-state index is 2.47. The van der Waals surface area contributed by atoms with Crippen LogP contribution in [0.15, 0.2) is 158 Å². The largest absolute Gasteiger partial charge is 0.307 e. The first kappa shape index (κ1) is 23.1. The summed E-state index contributed by atoms with van der Waals surface area (Å²) in [7, 11) is 0. The quantitative estimate of drug-likeness (QED) is 0.213. The van der Waals surface area contributed by atoms with E-state index in [2.05, 4.69) is 167 Å². The predicted octanol–water partition coefficient (Wildman–Crippen LogP) is 10.7. The molecule has 0 spiro atoms. The predicted molar refractivity (Wildman–Crippen MR) is 178 cm³/mol. The lowest BCUT2D eigenvalue weighted by atomic mass is 10.1. The molecule has 0 N–H and O–H groups in total. The van der Waals surface area contributed by atoms with Gasteiger partial charge in [-0.2, -0.15) is 0 Å². The van der Waals surface area contributed by atoms with Crippen LogP contribution in [0.3, 0.4) is 0 Å². The third-order valence-electron chi connectivity index (χ3n) is 8.69. The molecular weight excluding hydrogens is 508 g/mol. The fraction of sp³-hybridized carbons (Fsp3) is 0. The zero-order valence-corrected chi connectivity index (χ0v) is 22.9. The Morgan fingerprint density at radius 1 is 0.310 bits per heavy atom. The molecule has 0 aliphatic heterocycles. The zero-order valence-electron chi connectivity index (χ0n) is 22.9. The molecule has 2 heteroatoms. The molecule has 0 radical (unpaired) electrons. The van der Waals surface area contributed by atoms with Crippen LogP contribution < -0.4 is 0 Å². The van der Waals surface area contributed by atoms with Gasteiger partial charge in [-0.3, -0.25) is 0 Å². The van der Waals surface area contributed by atoms with Crippen molar-refractivity contribution in [3.8, 4) is 22.5 Å². The van der Waals surface area contributed by atoms with Crippen molar-refractivity contribution in [2.45, 2.75) is 0 Å². The van der Waals surface area contributed by atoms with E-state index < -0.39 is 0 Å². The molecule has 0 saturated carbocycles. The summed E-state index contributed by atoms with van der Waals surface area (Å²) in [6.07, 6.45) is 0. The Kier molecular flexibility index (Phi) is 4.93. The average Bonchev–Trinajstić information content (AvgIpc) is 3.58. The van der Waals surface area contributed by atoms with E-state index in [0.29, 0.717) is 0 Å². The third-order valence-corrected chi connectivity index (χ3v) is 8.69. The SMILES string of the molecule is c1ccc(-c2ccc(-n3c4ccccc4c4ccc5c6ccccc6n(-c6ccc7ccccc7c6)c5c43)cc2)cc1. The van der Waals surface area contributed by atoms with Gasteiger partial charge >= 0.3 is 0 Å². The number of aromatic nitrogens is 2. The van der Waals surface area contributed by atoms with Gasteiger partial charge in [-0.05, 0) is 58.3 Å². The monoisotopic (exact) mass is 534 g/mol. The smallest absolute Gasteiger partial charge is 0.0788 e. The Balaban J connectivity index is 1.42. The van der Waals surface area contributed by atoms with Crippen LogP contribution in [0.1, 0.15) is 0 Å². The second kappa shape index (κ2) is 8.95. The van der Waals surface area contributed by atoms with E-state index in [1.54, 1.807) is 0 Å². The molecule has 0 bridgehead atoms. The van der Waals surface area contributed by atoms with E-state index in [1.807, 2.05) is 0 Å². The van der Waals surface area contributed by atoms with E-state index >= 15 is 0 Å². The Labute approximate surface area is 243 Å². The molecule has 9 rings (SSSR count). The Hall–Kier alpha value is -5.60. The lowest BCUT2D eigenvalue weighted by molar-refractivity contribution is 1.15. The van der Waals surface area contributed by atoms with Gasteiger partial charge in [-0.25, -0.2) is 0 Å². The maximum atomic E-state index is 2.47. The lowest BCUT2D eigenvalue weighted by Crippen LogP contribution is -1.98. The summed E-state index contributed by atoms with van der Waals surface area (Å²) in [4.78, 5) is 0. The Bertz CT molecular complexity index is 2440. The van der Waals surface area contributed by atoms with Crippen LogP contribution >= 0.6 is 0 Å². The molecular formula is C40H26N2. The molecule has 2 heterocycles. The van der Waals surface area contributed by atoms with Crippen molar-refractivity contribution >= 4 is 54.4 Å². The fourth-order valence-electron chi connectivity index (χ4n) is 6.79. The molecule has 0 fully saturated rings. The van der Waals surface area contributed by atoms with Crippen LogP contribution in [-0.4, -0.2) is 9.13 Å². The van der Waals surface area contributed by atoms with Gasteiger partial charge < -0.3 is 9.13 Å². The molecule has 0 atom stereocenters. The summed E-state index contributed by atoms with van der Waals surface area (Å²) in [5.41, 5.74) is 9.65. The number of benzene rings is 7. The first-order chi connectivity index (χ1) is 20.8. The molecule has 2 aromatic heterocycles. The molecule has 0 unspecified atom stereocenters. The average molecular weight is 535 g/mol. The zero-order chi connectivity index (χ0) is 27.6. The van der Waals surface area contributed by atoms with Crippen LogP contribution in [-0.2, 0) is 0 Å². The van der Waals surface area contributed by atoms with Gasteiger partial charge in [0.15, 0.2) is 0 Å². The Morgan fingerprint density at radius 3 is 1.48 bits per heavy atom. The molecule has 0 amide bonds. The summed E-state index contributed by atoms with van der Waals surface area (Å²) in [6.45, 7) is 0. The summed E-state index contributed by atoms with van der Waals surface area (Å²) in [5.74, 6) is 0. The first-order valence-electron chi connectivity index (χ1n) is 14.5. The van der Waals surface area contributed by atoms with E-state index in [4.69, 9.17) is 0 Å². The number of nitrogens with zero attached hydrogens (tertiary/aromatic N) is 2. The van der Waals surface area contributed by atoms with Crippen molar-refractivity contribution in [3.05, 3.63) is 158 Å². The first-order valence-corrected chi connectivity index (χ1v) is 14.5. The van der Waals surface area contributed by atoms with Gasteiger partial charge in [0.2, 0.25) is 0 Å². The highest BCUT2D eigenvalue weighted by molar-refractivity contribution is 6.23. The van der Waals surface area contributed by atoms with Gasteiger partial charge in [0.1, 0.15) is 0 Å². The maximum Gasteiger partial charge on any atom is 0.0788 e. The standard InChI is InChI=1S/C40H26N2/c1-2-10-27(11-3-1)29-18-21-31(22-19-29)41-37-16-8-6-14-33(37)35-24-25-36-34-15-7-9-17-38(34)42(40(36)39(35)41)32-23-20-28-12-4-5-13-30(28)26-32/h1-26H. The highest BCUT2D eigenvalue weighted by atomic mass is 15.0. The van der Waals surface area contributed by atoms with Gasteiger partial charge in [0.05, 0.1) is 22.1 Å². The van der Waals surface area contributed by atoms with Crippen LogP contribution in [0, 0.1) is 0 Å². The van der Waals surface area contributed by atoms with Gasteiger partial charge in [0, 0.05) is 32.9 Å². The molecule has 0 aliphatic carbocycles. The van der Waals surface area contributed by atoms with Crippen molar-refractivity contribution in [2.75, 3.05) is 0 Å². The van der Waals surface area contributed by atoms with Crippen molar-refractivity contribution in [2.24, 2.45) is 0 Å². The number of para-hydroxylation sites is 2. The number of hydrogen-bond donors (Lipinski definition) is 0. The minimum Gasteiger partial charge on any atom is -0.307 e. The van der Waals surface area contributed by atoms with Crippen LogP contribution in [0.4, 0.5) is 0 Å². The second-order valence-corrected chi connectivity index (χ2v) is 11.0. The topological polar surface area (TPSA) is 9.86 Å². The van der Waals surface area contributed by atoms with Crippen LogP contribution in [0.25, 0.3) is 76.9 Å². The summed E-state index contributed by atoms with van der Waals surface area (Å²) >= 11 is 0. The Morgan fingerprint density at radius 2 is 0.810 bits per heavy atom. The fourth-order valence-corrected chi connectivity index (χ4v) is 6.79. The van der Waals surface area contributed by atoms with E-state index in [9.17, 15) is 0 Å². The molecule has 0 aliphatic rings. The van der Waals surface area contributed by atoms with Crippen molar-refractivity contribution < 1.29 is 0 Å². The third kappa shape index (κ3) is 3.33. The van der Waals surface area contributed by atoms with Crippen LogP contribution in [0.2, 0.25) is 0 Å². The molecule has 9 aromatic rings. The van der Waals surface area contributed by atoms with E-state index in [0.717, 1.165) is 5.69 Å². The van der Waals surface area contributed by atoms with Crippen molar-refractivity contribution in [3.63, 3.8) is 0 Å². The van der Waals surface area contributed by atoms with Crippen LogP contribution in [0.5, 0.6) is 0 Å². The summed E-state index contributed by atoms with van der Waals surface area (Å²) < 4.78 is 4.92. The minimum atomic E-state index is 1.16. The highest BCUT2D eigenvalue weighted by Crippen LogP contribution is 2.42. The number of hydrogen-bond acceptors (Lipinski definition) is 0. The van der Waals surface area contributed by atoms with Gasteiger partial charge in [0.25, 0.3) is 0 Å². The van der Waals surface area contributed by atoms with Crippen molar-refractivity contribution in [1.29, 1.82) is 0 Å². The second-order valence-electron chi connectivity index (χ2n) is 11.0. The summed E-state index contributed by atoms with van der Waals surface area (Å²) in [5, 5.41) is 7.53. The van der Waals surface area contributed by atoms with E-state index in [-0.39, 0.29) is 0 Å². The van der Waals surface area contributed by atoms with Gasteiger partial charge in [-0.1, -0.05) is 121 Å². The molecule has 2 nitrogen and oxygen atoms in total. The number of fused-ring (bicyclic) bond motifs is 8. The van der Waals surface area contributed by atoms with Crippen molar-refractivity contribution in [1.82, 2.24) is 9.13 Å². The lowest BCUT2D eigenvalue weighted by Gasteiger charge is -2.13. The highest BCUT2D eigenvalue weighted by Gasteiger charge is 2.21. The molecule has 0 saturated heterocycles. The summed E-state index contributed by atoms with van der Waals surface area (Å²) in [6, 6.07) is 57.2.